The summed E-state index contributed by atoms with van der Waals surface area (Å²) in [7, 11) is 0. The number of benzene rings is 1. The minimum absolute atomic E-state index is 0.694. The first-order valence-corrected chi connectivity index (χ1v) is 6.72. The smallest absolute Gasteiger partial charge is 0.142 e. The molecular weight excluding hydrogens is 238 g/mol. The molecule has 2 heterocycles. The molecule has 0 bridgehead atoms. The fourth-order valence-electron chi connectivity index (χ4n) is 2.46. The van der Waals surface area contributed by atoms with Crippen molar-refractivity contribution in [2.24, 2.45) is 0 Å². The number of imidazole rings is 1. The minimum atomic E-state index is 0.694. The molecule has 1 aromatic heterocycles. The number of hydrogen-bond donors (Lipinski definition) is 0. The molecule has 0 saturated carbocycles. The molecule has 2 aromatic rings. The maximum Gasteiger partial charge on any atom is 0.142 e. The largest absolute Gasteiger partial charge is 0.478 e. The molecule has 4 nitrogen and oxygen atoms in total. The van der Waals surface area contributed by atoms with E-state index >= 15 is 0 Å². The monoisotopic (exact) mass is 257 g/mol. The van der Waals surface area contributed by atoms with Crippen molar-refractivity contribution in [3.63, 3.8) is 0 Å². The van der Waals surface area contributed by atoms with Gasteiger partial charge in [0.05, 0.1) is 6.33 Å². The van der Waals surface area contributed by atoms with Crippen molar-refractivity contribution >= 4 is 0 Å². The minimum Gasteiger partial charge on any atom is -0.478 e. The highest BCUT2D eigenvalue weighted by molar-refractivity contribution is 5.37. The molecule has 19 heavy (non-hydrogen) atoms. The van der Waals surface area contributed by atoms with E-state index in [1.807, 2.05) is 18.7 Å². The summed E-state index contributed by atoms with van der Waals surface area (Å²) in [4.78, 5) is 6.40. The van der Waals surface area contributed by atoms with Crippen LogP contribution in [0.15, 0.2) is 36.9 Å². The Bertz CT molecular complexity index is 536. The van der Waals surface area contributed by atoms with Crippen LogP contribution in [0.25, 0.3) is 0 Å². The zero-order chi connectivity index (χ0) is 13.1. The van der Waals surface area contributed by atoms with Crippen LogP contribution in [0.2, 0.25) is 0 Å². The summed E-state index contributed by atoms with van der Waals surface area (Å²) >= 11 is 0. The van der Waals surface area contributed by atoms with Crippen LogP contribution in [0.4, 0.5) is 0 Å². The highest BCUT2D eigenvalue weighted by Crippen LogP contribution is 2.25. The topological polar surface area (TPSA) is 30.3 Å². The van der Waals surface area contributed by atoms with E-state index in [2.05, 4.69) is 39.6 Å². The van der Waals surface area contributed by atoms with Crippen LogP contribution in [-0.2, 0) is 13.1 Å². The van der Waals surface area contributed by atoms with Gasteiger partial charge >= 0.3 is 0 Å². The third-order valence-corrected chi connectivity index (χ3v) is 3.46. The van der Waals surface area contributed by atoms with E-state index in [-0.39, 0.29) is 0 Å². The van der Waals surface area contributed by atoms with E-state index in [9.17, 15) is 0 Å². The van der Waals surface area contributed by atoms with Crippen molar-refractivity contribution in [3.8, 4) is 5.75 Å². The van der Waals surface area contributed by atoms with Gasteiger partial charge in [0, 0.05) is 37.6 Å². The predicted molar refractivity (Wildman–Crippen MR) is 73.9 cm³/mol. The van der Waals surface area contributed by atoms with Gasteiger partial charge in [0.15, 0.2) is 0 Å². The van der Waals surface area contributed by atoms with E-state index < -0.39 is 0 Å². The Labute approximate surface area is 113 Å². The van der Waals surface area contributed by atoms with E-state index in [0.717, 1.165) is 31.8 Å². The van der Waals surface area contributed by atoms with Gasteiger partial charge in [-0.05, 0) is 19.4 Å². The molecule has 0 amide bonds. The van der Waals surface area contributed by atoms with Crippen molar-refractivity contribution in [1.82, 2.24) is 14.5 Å². The zero-order valence-electron chi connectivity index (χ0n) is 11.2. The number of fused-ring (bicyclic) bond motifs is 1. The van der Waals surface area contributed by atoms with E-state index in [0.29, 0.717) is 6.73 Å². The number of ether oxygens (including phenoxy) is 1. The molecule has 0 N–H and O–H groups in total. The lowest BCUT2D eigenvalue weighted by atomic mass is 10.1. The van der Waals surface area contributed by atoms with Gasteiger partial charge in [-0.1, -0.05) is 17.7 Å². The van der Waals surface area contributed by atoms with Crippen molar-refractivity contribution in [2.75, 3.05) is 13.3 Å². The summed E-state index contributed by atoms with van der Waals surface area (Å²) in [6.07, 6.45) is 6.81. The van der Waals surface area contributed by atoms with E-state index in [1.165, 1.54) is 11.1 Å². The molecular formula is C15H19N3O. The molecule has 100 valence electrons. The molecule has 0 radical (unpaired) electrons. The average molecular weight is 257 g/mol. The molecule has 0 aliphatic carbocycles. The number of rotatable bonds is 4. The van der Waals surface area contributed by atoms with Crippen LogP contribution in [0.3, 0.4) is 0 Å². The third kappa shape index (κ3) is 2.96. The second kappa shape index (κ2) is 5.45. The van der Waals surface area contributed by atoms with Gasteiger partial charge in [-0.2, -0.15) is 0 Å². The number of aryl methyl sites for hydroxylation is 2. The molecule has 0 atom stereocenters. The van der Waals surface area contributed by atoms with Gasteiger partial charge in [0.2, 0.25) is 0 Å². The van der Waals surface area contributed by atoms with Crippen LogP contribution in [0.5, 0.6) is 5.75 Å². The summed E-state index contributed by atoms with van der Waals surface area (Å²) in [5.41, 5.74) is 2.59. The first-order valence-electron chi connectivity index (χ1n) is 6.72. The fourth-order valence-corrected chi connectivity index (χ4v) is 2.46. The molecule has 1 aliphatic heterocycles. The summed E-state index contributed by atoms with van der Waals surface area (Å²) in [6, 6.07) is 6.40. The van der Waals surface area contributed by atoms with Crippen LogP contribution in [0.1, 0.15) is 17.5 Å². The summed E-state index contributed by atoms with van der Waals surface area (Å²) in [5, 5.41) is 0. The lowest BCUT2D eigenvalue weighted by Crippen LogP contribution is -2.33. The quantitative estimate of drug-likeness (QED) is 0.842. The van der Waals surface area contributed by atoms with Gasteiger partial charge < -0.3 is 9.30 Å². The highest BCUT2D eigenvalue weighted by atomic mass is 16.5. The predicted octanol–water partition coefficient (Wildman–Crippen LogP) is 2.43. The number of aromatic nitrogens is 2. The molecule has 0 fully saturated rings. The lowest BCUT2D eigenvalue weighted by molar-refractivity contribution is 0.0930. The van der Waals surface area contributed by atoms with Crippen LogP contribution in [-0.4, -0.2) is 27.7 Å². The van der Waals surface area contributed by atoms with E-state index in [4.69, 9.17) is 4.74 Å². The summed E-state index contributed by atoms with van der Waals surface area (Å²) in [5.74, 6) is 1.04. The Kier molecular flexibility index (Phi) is 3.51. The van der Waals surface area contributed by atoms with Crippen molar-refractivity contribution in [3.05, 3.63) is 48.0 Å². The number of hydrogen-bond acceptors (Lipinski definition) is 3. The average Bonchev–Trinajstić information content (AvgIpc) is 2.91. The Morgan fingerprint density at radius 2 is 2.26 bits per heavy atom. The lowest BCUT2D eigenvalue weighted by Gasteiger charge is -2.29. The van der Waals surface area contributed by atoms with Crippen LogP contribution >= 0.6 is 0 Å². The Balaban J connectivity index is 1.54. The molecule has 1 aliphatic rings. The Morgan fingerprint density at radius 1 is 1.32 bits per heavy atom. The third-order valence-electron chi connectivity index (χ3n) is 3.46. The van der Waals surface area contributed by atoms with Crippen LogP contribution in [0, 0.1) is 6.92 Å². The SMILES string of the molecule is Cc1ccc2c(c1)CN(CCCn1ccnc1)CO2. The Hall–Kier alpha value is -1.81. The maximum absolute atomic E-state index is 5.79. The van der Waals surface area contributed by atoms with Gasteiger partial charge in [-0.25, -0.2) is 4.98 Å². The first kappa shape index (κ1) is 12.2. The second-order valence-electron chi connectivity index (χ2n) is 5.09. The normalized spacial score (nSPS) is 15.0. The van der Waals surface area contributed by atoms with Gasteiger partial charge in [-0.15, -0.1) is 0 Å². The Morgan fingerprint density at radius 3 is 3.11 bits per heavy atom. The molecule has 0 unspecified atom stereocenters. The molecule has 0 saturated heterocycles. The van der Waals surface area contributed by atoms with Crippen LogP contribution < -0.4 is 4.74 Å². The summed E-state index contributed by atoms with van der Waals surface area (Å²) in [6.45, 7) is 5.86. The van der Waals surface area contributed by atoms with E-state index in [1.54, 1.807) is 0 Å². The van der Waals surface area contributed by atoms with Crippen molar-refractivity contribution in [1.29, 1.82) is 0 Å². The highest BCUT2D eigenvalue weighted by Gasteiger charge is 2.16. The zero-order valence-corrected chi connectivity index (χ0v) is 11.2. The molecule has 0 spiro atoms. The summed E-state index contributed by atoms with van der Waals surface area (Å²) < 4.78 is 7.90. The first-order chi connectivity index (χ1) is 9.31. The van der Waals surface area contributed by atoms with Gasteiger partial charge in [0.25, 0.3) is 0 Å². The number of nitrogens with zero attached hydrogens (tertiary/aromatic N) is 3. The molecule has 3 rings (SSSR count). The standard InChI is InChI=1S/C15H19N3O/c1-13-3-4-15-14(9-13)10-18(12-19-15)7-2-6-17-8-5-16-11-17/h3-5,8-9,11H,2,6-7,10,12H2,1H3. The molecule has 1 aromatic carbocycles. The van der Waals surface area contributed by atoms with Gasteiger partial charge in [0.1, 0.15) is 12.5 Å². The fraction of sp³-hybridized carbons (Fsp3) is 0.400. The second-order valence-corrected chi connectivity index (χ2v) is 5.09. The van der Waals surface area contributed by atoms with Crippen molar-refractivity contribution in [2.45, 2.75) is 26.4 Å². The molecule has 4 heteroatoms. The maximum atomic E-state index is 5.79. The van der Waals surface area contributed by atoms with Gasteiger partial charge in [-0.3, -0.25) is 4.90 Å². The van der Waals surface area contributed by atoms with Crippen molar-refractivity contribution < 1.29 is 4.74 Å².